The normalized spacial score (nSPS) is 10.2. The second-order valence-corrected chi connectivity index (χ2v) is 4.26. The quantitative estimate of drug-likeness (QED) is 0.811. The van der Waals surface area contributed by atoms with Crippen molar-refractivity contribution in [1.82, 2.24) is 9.97 Å². The summed E-state index contributed by atoms with van der Waals surface area (Å²) in [6, 6.07) is 7.59. The topological polar surface area (TPSA) is 67.0 Å². The first-order valence-electron chi connectivity index (χ1n) is 6.22. The standard InChI is InChI=1S/C14H17N3O2/c1-11-5-2-3-7-13(11)17-14(18)19-8-4-6-12-9-15-10-16-12/h2-3,5,7,9-10H,4,6,8H2,1H3,(H,15,16)(H,17,18). The molecule has 2 aromatic rings. The van der Waals surface area contributed by atoms with E-state index in [-0.39, 0.29) is 0 Å². The van der Waals surface area contributed by atoms with Gasteiger partial charge in [-0.25, -0.2) is 9.78 Å². The molecule has 0 radical (unpaired) electrons. The number of aryl methyl sites for hydroxylation is 2. The third kappa shape index (κ3) is 4.13. The number of rotatable bonds is 5. The van der Waals surface area contributed by atoms with Gasteiger partial charge in [-0.1, -0.05) is 18.2 Å². The summed E-state index contributed by atoms with van der Waals surface area (Å²) in [5.41, 5.74) is 2.83. The maximum absolute atomic E-state index is 11.6. The highest BCUT2D eigenvalue weighted by atomic mass is 16.5. The number of para-hydroxylation sites is 1. The molecule has 5 heteroatoms. The van der Waals surface area contributed by atoms with Gasteiger partial charge in [-0.3, -0.25) is 5.32 Å². The molecule has 0 fully saturated rings. The van der Waals surface area contributed by atoms with Crippen LogP contribution in [-0.2, 0) is 11.2 Å². The van der Waals surface area contributed by atoms with Gasteiger partial charge in [-0.2, -0.15) is 0 Å². The number of amides is 1. The SMILES string of the molecule is Cc1ccccc1NC(=O)OCCCc1cnc[nH]1. The Morgan fingerprint density at radius 3 is 3.00 bits per heavy atom. The number of aromatic nitrogens is 2. The highest BCUT2D eigenvalue weighted by Gasteiger charge is 2.04. The van der Waals surface area contributed by atoms with Gasteiger partial charge in [0.1, 0.15) is 0 Å². The molecule has 1 heterocycles. The average molecular weight is 259 g/mol. The largest absolute Gasteiger partial charge is 0.449 e. The van der Waals surface area contributed by atoms with Crippen molar-refractivity contribution in [2.75, 3.05) is 11.9 Å². The molecule has 0 saturated heterocycles. The van der Waals surface area contributed by atoms with Gasteiger partial charge in [-0.05, 0) is 31.4 Å². The first kappa shape index (κ1) is 13.1. The fourth-order valence-corrected chi connectivity index (χ4v) is 1.71. The average Bonchev–Trinajstić information content (AvgIpc) is 2.91. The van der Waals surface area contributed by atoms with Crippen LogP contribution in [0.3, 0.4) is 0 Å². The van der Waals surface area contributed by atoms with Gasteiger partial charge in [0, 0.05) is 17.6 Å². The number of aromatic amines is 1. The fraction of sp³-hybridized carbons (Fsp3) is 0.286. The Bertz CT molecular complexity index is 523. The Labute approximate surface area is 112 Å². The molecule has 0 spiro atoms. The van der Waals surface area contributed by atoms with E-state index in [0.717, 1.165) is 29.8 Å². The maximum Gasteiger partial charge on any atom is 0.411 e. The first-order chi connectivity index (χ1) is 9.25. The van der Waals surface area contributed by atoms with E-state index in [1.807, 2.05) is 31.2 Å². The lowest BCUT2D eigenvalue weighted by atomic mass is 10.2. The molecule has 1 aromatic heterocycles. The third-order valence-corrected chi connectivity index (χ3v) is 2.76. The van der Waals surface area contributed by atoms with Crippen LogP contribution in [0, 0.1) is 6.92 Å². The number of anilines is 1. The van der Waals surface area contributed by atoms with Gasteiger partial charge < -0.3 is 9.72 Å². The van der Waals surface area contributed by atoms with Crippen LogP contribution in [0.25, 0.3) is 0 Å². The van der Waals surface area contributed by atoms with Crippen LogP contribution in [-0.4, -0.2) is 22.7 Å². The molecule has 0 bridgehead atoms. The minimum Gasteiger partial charge on any atom is -0.449 e. The smallest absolute Gasteiger partial charge is 0.411 e. The second kappa shape index (κ2) is 6.58. The predicted molar refractivity (Wildman–Crippen MR) is 73.1 cm³/mol. The Kier molecular flexibility index (Phi) is 4.55. The van der Waals surface area contributed by atoms with Crippen molar-refractivity contribution in [2.45, 2.75) is 19.8 Å². The van der Waals surface area contributed by atoms with E-state index in [1.54, 1.807) is 12.5 Å². The zero-order valence-electron chi connectivity index (χ0n) is 10.8. The van der Waals surface area contributed by atoms with Crippen LogP contribution in [0.1, 0.15) is 17.7 Å². The molecule has 1 amide bonds. The summed E-state index contributed by atoms with van der Waals surface area (Å²) in [7, 11) is 0. The second-order valence-electron chi connectivity index (χ2n) is 4.26. The minimum absolute atomic E-state index is 0.386. The van der Waals surface area contributed by atoms with E-state index in [2.05, 4.69) is 15.3 Å². The Balaban J connectivity index is 1.69. The summed E-state index contributed by atoms with van der Waals surface area (Å²) in [6.07, 6.45) is 4.58. The molecule has 2 rings (SSSR count). The first-order valence-corrected chi connectivity index (χ1v) is 6.22. The molecule has 100 valence electrons. The summed E-state index contributed by atoms with van der Waals surface area (Å²) < 4.78 is 5.11. The molecule has 5 nitrogen and oxygen atoms in total. The Hall–Kier alpha value is -2.30. The molecule has 0 aliphatic rings. The zero-order valence-corrected chi connectivity index (χ0v) is 10.8. The molecule has 0 unspecified atom stereocenters. The number of benzene rings is 1. The van der Waals surface area contributed by atoms with Crippen molar-refractivity contribution < 1.29 is 9.53 Å². The number of nitrogens with zero attached hydrogens (tertiary/aromatic N) is 1. The van der Waals surface area contributed by atoms with E-state index in [4.69, 9.17) is 4.74 Å². The minimum atomic E-state index is -0.418. The number of imidazole rings is 1. The molecule has 19 heavy (non-hydrogen) atoms. The van der Waals surface area contributed by atoms with Crippen LogP contribution >= 0.6 is 0 Å². The Morgan fingerprint density at radius 2 is 2.26 bits per heavy atom. The summed E-state index contributed by atoms with van der Waals surface area (Å²) >= 11 is 0. The van der Waals surface area contributed by atoms with Gasteiger partial charge in [0.25, 0.3) is 0 Å². The molecule has 0 aliphatic carbocycles. The van der Waals surface area contributed by atoms with Gasteiger partial charge >= 0.3 is 6.09 Å². The van der Waals surface area contributed by atoms with E-state index in [9.17, 15) is 4.79 Å². The summed E-state index contributed by atoms with van der Waals surface area (Å²) in [4.78, 5) is 18.5. The number of carbonyl (C=O) groups is 1. The van der Waals surface area contributed by atoms with Crippen molar-refractivity contribution in [3.63, 3.8) is 0 Å². The molecular weight excluding hydrogens is 242 g/mol. The van der Waals surface area contributed by atoms with Crippen LogP contribution in [0.4, 0.5) is 10.5 Å². The number of hydrogen-bond acceptors (Lipinski definition) is 3. The molecule has 0 aliphatic heterocycles. The Morgan fingerprint density at radius 1 is 1.42 bits per heavy atom. The molecule has 0 atom stereocenters. The van der Waals surface area contributed by atoms with Gasteiger partial charge in [-0.15, -0.1) is 0 Å². The fourth-order valence-electron chi connectivity index (χ4n) is 1.71. The molecular formula is C14H17N3O2. The number of carbonyl (C=O) groups excluding carboxylic acids is 1. The number of nitrogens with one attached hydrogen (secondary N) is 2. The van der Waals surface area contributed by atoms with Crippen LogP contribution in [0.2, 0.25) is 0 Å². The monoisotopic (exact) mass is 259 g/mol. The van der Waals surface area contributed by atoms with E-state index < -0.39 is 6.09 Å². The highest BCUT2D eigenvalue weighted by Crippen LogP contribution is 2.13. The maximum atomic E-state index is 11.6. The molecule has 0 saturated carbocycles. The van der Waals surface area contributed by atoms with Crippen molar-refractivity contribution in [1.29, 1.82) is 0 Å². The summed E-state index contributed by atoms with van der Waals surface area (Å²) in [5, 5.41) is 2.72. The van der Waals surface area contributed by atoms with Gasteiger partial charge in [0.2, 0.25) is 0 Å². The number of H-pyrrole nitrogens is 1. The molecule has 1 aromatic carbocycles. The van der Waals surface area contributed by atoms with E-state index in [1.165, 1.54) is 0 Å². The lowest BCUT2D eigenvalue weighted by Crippen LogP contribution is -2.15. The number of hydrogen-bond donors (Lipinski definition) is 2. The van der Waals surface area contributed by atoms with Crippen LogP contribution in [0.15, 0.2) is 36.8 Å². The zero-order chi connectivity index (χ0) is 13.5. The summed E-state index contributed by atoms with van der Waals surface area (Å²) in [6.45, 7) is 2.32. The highest BCUT2D eigenvalue weighted by molar-refractivity contribution is 5.85. The predicted octanol–water partition coefficient (Wildman–Crippen LogP) is 2.90. The van der Waals surface area contributed by atoms with Crippen molar-refractivity contribution in [2.24, 2.45) is 0 Å². The lowest BCUT2D eigenvalue weighted by molar-refractivity contribution is 0.160. The van der Waals surface area contributed by atoms with Gasteiger partial charge in [0.05, 0.1) is 12.9 Å². The third-order valence-electron chi connectivity index (χ3n) is 2.76. The van der Waals surface area contributed by atoms with Crippen LogP contribution < -0.4 is 5.32 Å². The van der Waals surface area contributed by atoms with E-state index >= 15 is 0 Å². The van der Waals surface area contributed by atoms with Crippen molar-refractivity contribution in [3.05, 3.63) is 48.0 Å². The van der Waals surface area contributed by atoms with E-state index in [0.29, 0.717) is 6.61 Å². The lowest BCUT2D eigenvalue weighted by Gasteiger charge is -2.08. The van der Waals surface area contributed by atoms with Crippen LogP contribution in [0.5, 0.6) is 0 Å². The van der Waals surface area contributed by atoms with Gasteiger partial charge in [0.15, 0.2) is 0 Å². The summed E-state index contributed by atoms with van der Waals surface area (Å²) in [5.74, 6) is 0. The van der Waals surface area contributed by atoms with Crippen molar-refractivity contribution in [3.8, 4) is 0 Å². The molecule has 2 N–H and O–H groups in total. The van der Waals surface area contributed by atoms with Crippen molar-refractivity contribution >= 4 is 11.8 Å². The number of ether oxygens (including phenoxy) is 1.